The Morgan fingerprint density at radius 3 is 2.25 bits per heavy atom. The van der Waals surface area contributed by atoms with E-state index in [-0.39, 0.29) is 35.8 Å². The van der Waals surface area contributed by atoms with Crippen molar-refractivity contribution in [3.05, 3.63) is 29.6 Å². The molecule has 1 aromatic carbocycles. The first-order valence-electron chi connectivity index (χ1n) is 10.00. The number of amides is 1. The molecule has 154 valence electrons. The summed E-state index contributed by atoms with van der Waals surface area (Å²) in [6.07, 6.45) is 0.107. The summed E-state index contributed by atoms with van der Waals surface area (Å²) in [6, 6.07) is 4.44. The number of rotatable bonds is 4. The van der Waals surface area contributed by atoms with E-state index in [1.54, 1.807) is 12.1 Å². The molecule has 7 heteroatoms. The van der Waals surface area contributed by atoms with Crippen molar-refractivity contribution >= 4 is 17.4 Å². The van der Waals surface area contributed by atoms with Crippen molar-refractivity contribution in [3.63, 3.8) is 0 Å². The van der Waals surface area contributed by atoms with Crippen molar-refractivity contribution in [2.45, 2.75) is 45.9 Å². The summed E-state index contributed by atoms with van der Waals surface area (Å²) in [5.41, 5.74) is 0.896. The smallest absolute Gasteiger partial charge is 0.239 e. The van der Waals surface area contributed by atoms with E-state index < -0.39 is 0 Å². The summed E-state index contributed by atoms with van der Waals surface area (Å²) in [6.45, 7) is 11.3. The number of hydrogen-bond acceptors (Lipinski definition) is 5. The second-order valence-electron chi connectivity index (χ2n) is 7.92. The molecule has 3 unspecified atom stereocenters. The molecule has 1 amide bonds. The van der Waals surface area contributed by atoms with E-state index in [0.717, 1.165) is 0 Å². The van der Waals surface area contributed by atoms with Crippen LogP contribution in [0.1, 0.15) is 38.1 Å². The second-order valence-corrected chi connectivity index (χ2v) is 7.92. The van der Waals surface area contributed by atoms with Crippen LogP contribution in [0, 0.1) is 5.82 Å². The highest BCUT2D eigenvalue weighted by Crippen LogP contribution is 2.23. The average Bonchev–Trinajstić information content (AvgIpc) is 2.66. The Bertz CT molecular complexity index is 724. The van der Waals surface area contributed by atoms with E-state index in [1.807, 2.05) is 30.6 Å². The van der Waals surface area contributed by atoms with Crippen LogP contribution in [0.5, 0.6) is 0 Å². The Morgan fingerprint density at radius 2 is 1.71 bits per heavy atom. The lowest BCUT2D eigenvalue weighted by Gasteiger charge is -2.42. The van der Waals surface area contributed by atoms with Gasteiger partial charge in [-0.15, -0.1) is 0 Å². The molecular weight excluding hydrogens is 361 g/mol. The minimum atomic E-state index is -0.374. The molecule has 0 N–H and O–H groups in total. The van der Waals surface area contributed by atoms with E-state index in [4.69, 9.17) is 4.74 Å². The third kappa shape index (κ3) is 4.52. The number of benzene rings is 1. The van der Waals surface area contributed by atoms with Crippen LogP contribution in [0.15, 0.2) is 18.2 Å². The van der Waals surface area contributed by atoms with Gasteiger partial charge in [-0.2, -0.15) is 0 Å². The third-order valence-electron chi connectivity index (χ3n) is 5.65. The van der Waals surface area contributed by atoms with Crippen molar-refractivity contribution in [1.29, 1.82) is 0 Å². The van der Waals surface area contributed by atoms with Gasteiger partial charge in [0.15, 0.2) is 5.78 Å². The maximum atomic E-state index is 14.4. The van der Waals surface area contributed by atoms with Gasteiger partial charge in [0.05, 0.1) is 23.9 Å². The maximum absolute atomic E-state index is 14.4. The molecule has 1 aromatic rings. The highest BCUT2D eigenvalue weighted by atomic mass is 19.1. The summed E-state index contributed by atoms with van der Waals surface area (Å²) in [5, 5.41) is 0. The Kier molecular flexibility index (Phi) is 6.35. The minimum absolute atomic E-state index is 0.0534. The molecule has 0 aromatic heterocycles. The van der Waals surface area contributed by atoms with E-state index in [0.29, 0.717) is 50.5 Å². The zero-order chi connectivity index (χ0) is 20.4. The molecule has 28 heavy (non-hydrogen) atoms. The molecule has 2 fully saturated rings. The van der Waals surface area contributed by atoms with Crippen LogP contribution in [-0.2, 0) is 9.53 Å². The largest absolute Gasteiger partial charge is 0.372 e. The lowest BCUT2D eigenvalue weighted by molar-refractivity contribution is -0.148. The van der Waals surface area contributed by atoms with Crippen molar-refractivity contribution < 1.29 is 18.7 Å². The van der Waals surface area contributed by atoms with Gasteiger partial charge >= 0.3 is 0 Å². The highest BCUT2D eigenvalue weighted by Gasteiger charge is 2.33. The number of Topliss-reactive ketones (excluding diaryl/α,β-unsaturated/α-hetero) is 1. The number of anilines is 1. The van der Waals surface area contributed by atoms with Crippen LogP contribution in [-0.4, -0.2) is 79.0 Å². The monoisotopic (exact) mass is 391 g/mol. The molecule has 2 saturated heterocycles. The Hall–Kier alpha value is -1.99. The summed E-state index contributed by atoms with van der Waals surface area (Å²) in [5.74, 6) is -0.386. The highest BCUT2D eigenvalue weighted by molar-refractivity contribution is 5.94. The average molecular weight is 391 g/mol. The number of morpholine rings is 1. The number of ketones is 1. The van der Waals surface area contributed by atoms with Crippen LogP contribution in [0.25, 0.3) is 0 Å². The summed E-state index contributed by atoms with van der Waals surface area (Å²) >= 11 is 0. The number of ether oxygens (including phenoxy) is 1. The number of nitrogens with zero attached hydrogens (tertiary/aromatic N) is 3. The van der Waals surface area contributed by atoms with E-state index in [1.165, 1.54) is 13.0 Å². The normalized spacial score (nSPS) is 24.9. The van der Waals surface area contributed by atoms with E-state index in [9.17, 15) is 14.0 Å². The van der Waals surface area contributed by atoms with Gasteiger partial charge < -0.3 is 14.5 Å². The van der Waals surface area contributed by atoms with Gasteiger partial charge in [0.25, 0.3) is 0 Å². The molecule has 0 bridgehead atoms. The third-order valence-corrected chi connectivity index (χ3v) is 5.65. The summed E-state index contributed by atoms with van der Waals surface area (Å²) in [4.78, 5) is 30.4. The molecule has 0 saturated carbocycles. The van der Waals surface area contributed by atoms with E-state index >= 15 is 0 Å². The standard InChI is InChI=1S/C21H30FN3O3/c1-14-12-25(13-15(2)28-14)21(27)16(3)23-7-9-24(10-8-23)20-6-5-18(17(4)26)11-19(20)22/h5-6,11,14-16H,7-10,12-13H2,1-4H3. The molecule has 0 radical (unpaired) electrons. The predicted molar refractivity (Wildman–Crippen MR) is 106 cm³/mol. The first kappa shape index (κ1) is 20.7. The number of carbonyl (C=O) groups excluding carboxylic acids is 2. The lowest BCUT2D eigenvalue weighted by Crippen LogP contribution is -2.57. The summed E-state index contributed by atoms with van der Waals surface area (Å²) < 4.78 is 20.1. The molecule has 2 aliphatic rings. The number of carbonyl (C=O) groups is 2. The Balaban J connectivity index is 1.59. The predicted octanol–water partition coefficient (Wildman–Crippen LogP) is 2.17. The zero-order valence-corrected chi connectivity index (χ0v) is 17.2. The first-order valence-corrected chi connectivity index (χ1v) is 10.00. The molecule has 3 rings (SSSR count). The van der Waals surface area contributed by atoms with E-state index in [2.05, 4.69) is 4.90 Å². The van der Waals surface area contributed by atoms with Gasteiger partial charge in [-0.3, -0.25) is 14.5 Å². The van der Waals surface area contributed by atoms with Crippen LogP contribution < -0.4 is 4.90 Å². The Morgan fingerprint density at radius 1 is 1.11 bits per heavy atom. The summed E-state index contributed by atoms with van der Waals surface area (Å²) in [7, 11) is 0. The molecular formula is C21H30FN3O3. The van der Waals surface area contributed by atoms with Crippen LogP contribution in [0.3, 0.4) is 0 Å². The van der Waals surface area contributed by atoms with Crippen molar-refractivity contribution in [3.8, 4) is 0 Å². The van der Waals surface area contributed by atoms with Crippen LogP contribution in [0.4, 0.5) is 10.1 Å². The SMILES string of the molecule is CC(=O)c1ccc(N2CCN(C(C)C(=O)N3CC(C)OC(C)C3)CC2)c(F)c1. The molecule has 0 aliphatic carbocycles. The fraction of sp³-hybridized carbons (Fsp3) is 0.619. The van der Waals surface area contributed by atoms with Gasteiger partial charge in [0.2, 0.25) is 5.91 Å². The van der Waals surface area contributed by atoms with Gasteiger partial charge in [0, 0.05) is 44.8 Å². The van der Waals surface area contributed by atoms with Crippen molar-refractivity contribution in [2.75, 3.05) is 44.2 Å². The molecule has 6 nitrogen and oxygen atoms in total. The molecule has 2 aliphatic heterocycles. The fourth-order valence-corrected chi connectivity index (χ4v) is 4.11. The second kappa shape index (κ2) is 8.57. The maximum Gasteiger partial charge on any atom is 0.239 e. The Labute approximate surface area is 166 Å². The van der Waals surface area contributed by atoms with Crippen molar-refractivity contribution in [2.24, 2.45) is 0 Å². The lowest BCUT2D eigenvalue weighted by atomic mass is 10.1. The molecule has 2 heterocycles. The van der Waals surface area contributed by atoms with Crippen LogP contribution >= 0.6 is 0 Å². The fourth-order valence-electron chi connectivity index (χ4n) is 4.11. The van der Waals surface area contributed by atoms with Gasteiger partial charge in [-0.25, -0.2) is 4.39 Å². The van der Waals surface area contributed by atoms with Crippen molar-refractivity contribution in [1.82, 2.24) is 9.80 Å². The number of piperazine rings is 1. The van der Waals surface area contributed by atoms with Gasteiger partial charge in [-0.05, 0) is 45.9 Å². The van der Waals surface area contributed by atoms with Gasteiger partial charge in [0.1, 0.15) is 5.82 Å². The van der Waals surface area contributed by atoms with Gasteiger partial charge in [-0.1, -0.05) is 0 Å². The molecule has 3 atom stereocenters. The topological polar surface area (TPSA) is 53.1 Å². The minimum Gasteiger partial charge on any atom is -0.372 e. The zero-order valence-electron chi connectivity index (χ0n) is 17.2. The van der Waals surface area contributed by atoms with Crippen LogP contribution in [0.2, 0.25) is 0 Å². The number of halogens is 1. The molecule has 0 spiro atoms. The number of hydrogen-bond donors (Lipinski definition) is 0. The quantitative estimate of drug-likeness (QED) is 0.737. The first-order chi connectivity index (χ1) is 13.3.